The standard InChI is InChI=1S/C21H13I2N3OS2/c22-12-9-10-16(14(11-12)20-24-17-7-3-4-8-18(17)29-20)25-21(28)26-19(27)13-5-1-2-6-15(13)23/h1-11H,(H2,25,26,27,28). The first-order valence-electron chi connectivity index (χ1n) is 8.53. The fraction of sp³-hybridized carbons (Fsp3) is 0. The monoisotopic (exact) mass is 641 g/mol. The Kier molecular flexibility index (Phi) is 6.42. The molecule has 0 fully saturated rings. The smallest absolute Gasteiger partial charge is 0.258 e. The van der Waals surface area contributed by atoms with Crippen molar-refractivity contribution < 1.29 is 4.79 Å². The number of nitrogens with one attached hydrogen (secondary N) is 2. The number of carbonyl (C=O) groups excluding carboxylic acids is 1. The number of thiocarbonyl (C=S) groups is 1. The summed E-state index contributed by atoms with van der Waals surface area (Å²) in [5.74, 6) is -0.237. The fourth-order valence-electron chi connectivity index (χ4n) is 2.76. The quantitative estimate of drug-likeness (QED) is 0.204. The SMILES string of the molecule is O=C(NC(=S)Nc1ccc(I)cc1-c1nc2ccccc2s1)c1ccccc1I. The highest BCUT2D eigenvalue weighted by Crippen LogP contribution is 2.35. The number of carbonyl (C=O) groups is 1. The molecule has 0 spiro atoms. The largest absolute Gasteiger partial charge is 0.332 e. The first-order chi connectivity index (χ1) is 14.0. The Balaban J connectivity index is 1.60. The summed E-state index contributed by atoms with van der Waals surface area (Å²) in [6, 6.07) is 21.4. The third-order valence-corrected chi connectivity index (χ3v) is 6.99. The number of rotatable bonds is 3. The van der Waals surface area contributed by atoms with Gasteiger partial charge in [-0.2, -0.15) is 0 Å². The van der Waals surface area contributed by atoms with Gasteiger partial charge in [-0.15, -0.1) is 11.3 Å². The number of nitrogens with zero attached hydrogens (tertiary/aromatic N) is 1. The Morgan fingerprint density at radius 2 is 1.76 bits per heavy atom. The zero-order valence-electron chi connectivity index (χ0n) is 14.8. The van der Waals surface area contributed by atoms with E-state index in [0.717, 1.165) is 33.6 Å². The normalized spacial score (nSPS) is 10.7. The van der Waals surface area contributed by atoms with Crippen molar-refractivity contribution in [2.45, 2.75) is 0 Å². The zero-order valence-corrected chi connectivity index (χ0v) is 20.7. The van der Waals surface area contributed by atoms with E-state index in [1.54, 1.807) is 17.4 Å². The third kappa shape index (κ3) is 4.76. The van der Waals surface area contributed by atoms with Crippen LogP contribution in [0.2, 0.25) is 0 Å². The lowest BCUT2D eigenvalue weighted by molar-refractivity contribution is 0.0977. The Morgan fingerprint density at radius 3 is 2.55 bits per heavy atom. The molecule has 0 aliphatic heterocycles. The van der Waals surface area contributed by atoms with Gasteiger partial charge in [0.25, 0.3) is 5.91 Å². The minimum atomic E-state index is -0.237. The molecule has 0 bridgehead atoms. The fourth-order valence-corrected chi connectivity index (χ4v) is 5.08. The van der Waals surface area contributed by atoms with E-state index < -0.39 is 0 Å². The molecule has 0 saturated heterocycles. The van der Waals surface area contributed by atoms with Crippen molar-refractivity contribution in [1.82, 2.24) is 10.3 Å². The van der Waals surface area contributed by atoms with Gasteiger partial charge in [-0.3, -0.25) is 10.1 Å². The molecule has 0 saturated carbocycles. The molecular formula is C21H13I2N3OS2. The van der Waals surface area contributed by atoms with Gasteiger partial charge in [0, 0.05) is 12.7 Å². The summed E-state index contributed by atoms with van der Waals surface area (Å²) in [6.45, 7) is 0. The zero-order chi connectivity index (χ0) is 20.4. The van der Waals surface area contributed by atoms with Gasteiger partial charge in [-0.1, -0.05) is 24.3 Å². The number of para-hydroxylation sites is 1. The van der Waals surface area contributed by atoms with E-state index in [-0.39, 0.29) is 11.0 Å². The van der Waals surface area contributed by atoms with Gasteiger partial charge in [0.1, 0.15) is 5.01 Å². The molecule has 0 aliphatic rings. The molecule has 29 heavy (non-hydrogen) atoms. The van der Waals surface area contributed by atoms with Gasteiger partial charge in [0.05, 0.1) is 21.5 Å². The summed E-state index contributed by atoms with van der Waals surface area (Å²) >= 11 is 11.4. The highest BCUT2D eigenvalue weighted by Gasteiger charge is 2.15. The highest BCUT2D eigenvalue weighted by atomic mass is 127. The summed E-state index contributed by atoms with van der Waals surface area (Å²) in [4.78, 5) is 17.3. The molecular weight excluding hydrogens is 628 g/mol. The van der Waals surface area contributed by atoms with Crippen LogP contribution in [0.5, 0.6) is 0 Å². The average molecular weight is 641 g/mol. The van der Waals surface area contributed by atoms with Crippen LogP contribution in [0.1, 0.15) is 10.4 Å². The number of halogens is 2. The number of thiazole rings is 1. The molecule has 0 aliphatic carbocycles. The molecule has 4 rings (SSSR count). The molecule has 144 valence electrons. The van der Waals surface area contributed by atoms with Gasteiger partial charge in [0.2, 0.25) is 0 Å². The van der Waals surface area contributed by atoms with E-state index in [9.17, 15) is 4.79 Å². The lowest BCUT2D eigenvalue weighted by Gasteiger charge is -2.13. The van der Waals surface area contributed by atoms with Gasteiger partial charge in [-0.25, -0.2) is 4.98 Å². The molecule has 4 aromatic rings. The van der Waals surface area contributed by atoms with Crippen molar-refractivity contribution in [3.8, 4) is 10.6 Å². The number of anilines is 1. The van der Waals surface area contributed by atoms with Crippen LogP contribution in [0.4, 0.5) is 5.69 Å². The molecule has 1 aromatic heterocycles. The summed E-state index contributed by atoms with van der Waals surface area (Å²) < 4.78 is 3.09. The predicted molar refractivity (Wildman–Crippen MR) is 141 cm³/mol. The Morgan fingerprint density at radius 1 is 1.00 bits per heavy atom. The predicted octanol–water partition coefficient (Wildman–Crippen LogP) is 6.30. The van der Waals surface area contributed by atoms with Crippen molar-refractivity contribution >= 4 is 95.7 Å². The summed E-state index contributed by atoms with van der Waals surface area (Å²) in [5.41, 5.74) is 3.31. The number of hydrogen-bond donors (Lipinski definition) is 2. The second-order valence-electron chi connectivity index (χ2n) is 6.06. The molecule has 0 radical (unpaired) electrons. The van der Waals surface area contributed by atoms with Crippen LogP contribution in [0.3, 0.4) is 0 Å². The van der Waals surface area contributed by atoms with Crippen LogP contribution in [0.25, 0.3) is 20.8 Å². The van der Waals surface area contributed by atoms with Crippen molar-refractivity contribution in [3.63, 3.8) is 0 Å². The van der Waals surface area contributed by atoms with Crippen LogP contribution in [0.15, 0.2) is 66.7 Å². The number of aromatic nitrogens is 1. The Hall–Kier alpha value is -1.63. The average Bonchev–Trinajstić information content (AvgIpc) is 3.13. The van der Waals surface area contributed by atoms with Crippen LogP contribution in [-0.4, -0.2) is 16.0 Å². The lowest BCUT2D eigenvalue weighted by atomic mass is 10.2. The maximum Gasteiger partial charge on any atom is 0.258 e. The van der Waals surface area contributed by atoms with Crippen molar-refractivity contribution in [3.05, 3.63) is 79.4 Å². The topological polar surface area (TPSA) is 54.0 Å². The van der Waals surface area contributed by atoms with Crippen LogP contribution in [0, 0.1) is 7.14 Å². The van der Waals surface area contributed by atoms with Gasteiger partial charge in [0.15, 0.2) is 5.11 Å². The van der Waals surface area contributed by atoms with Crippen LogP contribution >= 0.6 is 68.7 Å². The van der Waals surface area contributed by atoms with Crippen molar-refractivity contribution in [1.29, 1.82) is 0 Å². The molecule has 4 nitrogen and oxygen atoms in total. The molecule has 0 atom stereocenters. The maximum absolute atomic E-state index is 12.5. The Bertz CT molecular complexity index is 1210. The maximum atomic E-state index is 12.5. The first kappa shape index (κ1) is 20.6. The summed E-state index contributed by atoms with van der Waals surface area (Å²) in [5, 5.41) is 7.07. The second kappa shape index (κ2) is 9.02. The molecule has 3 aromatic carbocycles. The number of hydrogen-bond acceptors (Lipinski definition) is 4. The van der Waals surface area contributed by atoms with E-state index in [4.69, 9.17) is 17.2 Å². The van der Waals surface area contributed by atoms with Crippen molar-refractivity contribution in [2.24, 2.45) is 0 Å². The number of fused-ring (bicyclic) bond motifs is 1. The van der Waals surface area contributed by atoms with Gasteiger partial charge in [-0.05, 0) is 99.9 Å². The van der Waals surface area contributed by atoms with Gasteiger partial charge < -0.3 is 5.32 Å². The second-order valence-corrected chi connectivity index (χ2v) is 9.91. The van der Waals surface area contributed by atoms with E-state index in [0.29, 0.717) is 5.56 Å². The summed E-state index contributed by atoms with van der Waals surface area (Å²) in [6.07, 6.45) is 0. The molecule has 0 unspecified atom stereocenters. The van der Waals surface area contributed by atoms with E-state index >= 15 is 0 Å². The van der Waals surface area contributed by atoms with Gasteiger partial charge >= 0.3 is 0 Å². The van der Waals surface area contributed by atoms with E-state index in [1.165, 1.54) is 0 Å². The third-order valence-electron chi connectivity index (χ3n) is 4.10. The summed E-state index contributed by atoms with van der Waals surface area (Å²) in [7, 11) is 0. The lowest BCUT2D eigenvalue weighted by Crippen LogP contribution is -2.34. The Labute approximate surface area is 204 Å². The van der Waals surface area contributed by atoms with Crippen molar-refractivity contribution in [2.75, 3.05) is 5.32 Å². The molecule has 8 heteroatoms. The van der Waals surface area contributed by atoms with E-state index in [2.05, 4.69) is 67.9 Å². The molecule has 1 heterocycles. The first-order valence-corrected chi connectivity index (χ1v) is 11.9. The number of benzene rings is 3. The van der Waals surface area contributed by atoms with Crippen LogP contribution in [-0.2, 0) is 0 Å². The minimum absolute atomic E-state index is 0.237. The number of amides is 1. The molecule has 2 N–H and O–H groups in total. The van der Waals surface area contributed by atoms with Crippen LogP contribution < -0.4 is 10.6 Å². The minimum Gasteiger partial charge on any atom is -0.332 e. The molecule has 1 amide bonds. The van der Waals surface area contributed by atoms with E-state index in [1.807, 2.05) is 48.5 Å². The highest BCUT2D eigenvalue weighted by molar-refractivity contribution is 14.1.